The number of ether oxygens (including phenoxy) is 3. The Bertz CT molecular complexity index is 1090. The van der Waals surface area contributed by atoms with Crippen molar-refractivity contribution in [3.8, 4) is 0 Å². The van der Waals surface area contributed by atoms with Gasteiger partial charge in [0, 0.05) is 10.6 Å². The molecule has 158 valence electrons. The Balaban J connectivity index is 1.45. The fourth-order valence-electron chi connectivity index (χ4n) is 3.81. The second-order valence-electron chi connectivity index (χ2n) is 7.48. The minimum atomic E-state index is -0.731. The minimum Gasteiger partial charge on any atom is -0.348 e. The van der Waals surface area contributed by atoms with Crippen molar-refractivity contribution in [1.29, 1.82) is 0 Å². The van der Waals surface area contributed by atoms with Crippen LogP contribution in [0.25, 0.3) is 11.2 Å². The second-order valence-corrected chi connectivity index (χ2v) is 9.68. The Labute approximate surface area is 192 Å². The molecule has 4 heterocycles. The Hall–Kier alpha value is -1.13. The zero-order valence-corrected chi connectivity index (χ0v) is 19.0. The van der Waals surface area contributed by atoms with Gasteiger partial charge in [0.1, 0.15) is 24.1 Å². The van der Waals surface area contributed by atoms with Gasteiger partial charge < -0.3 is 14.2 Å². The van der Waals surface area contributed by atoms with E-state index in [1.165, 1.54) is 18.1 Å². The summed E-state index contributed by atoms with van der Waals surface area (Å²) in [5, 5.41) is 1.50. The lowest BCUT2D eigenvalue weighted by atomic mass is 10.1. The van der Waals surface area contributed by atoms with Gasteiger partial charge in [0.25, 0.3) is 0 Å². The van der Waals surface area contributed by atoms with E-state index in [0.717, 1.165) is 4.90 Å². The lowest BCUT2D eigenvalue weighted by Gasteiger charge is -2.24. The molecule has 1 aromatic carbocycles. The standard InChI is InChI=1S/C19H17Cl3N4O3S/c1-19(2)28-13-11(6-30-15-9(20)4-3-5-10(15)21)27-18(14(13)29-19)26-8-25-12-16(22)23-7-24-17(12)26/h3-5,7-8,11,13-14,18H,6H2,1-2H3/t11-,13+,14-,18-/m1/s1. The molecule has 3 aromatic rings. The van der Waals surface area contributed by atoms with Gasteiger partial charge in [-0.3, -0.25) is 4.57 Å². The van der Waals surface area contributed by atoms with Gasteiger partial charge in [0.2, 0.25) is 0 Å². The van der Waals surface area contributed by atoms with Crippen LogP contribution in [0.15, 0.2) is 35.7 Å². The fourth-order valence-corrected chi connectivity index (χ4v) is 5.73. The summed E-state index contributed by atoms with van der Waals surface area (Å²) in [5.41, 5.74) is 1.09. The van der Waals surface area contributed by atoms with Crippen LogP contribution in [-0.4, -0.2) is 49.4 Å². The highest BCUT2D eigenvalue weighted by atomic mass is 35.5. The van der Waals surface area contributed by atoms with Crippen LogP contribution >= 0.6 is 46.6 Å². The molecular formula is C19H17Cl3N4O3S. The number of nitrogens with zero attached hydrogens (tertiary/aromatic N) is 4. The topological polar surface area (TPSA) is 71.3 Å². The van der Waals surface area contributed by atoms with Crippen LogP contribution in [0.2, 0.25) is 15.2 Å². The van der Waals surface area contributed by atoms with E-state index in [1.54, 1.807) is 6.33 Å². The first-order chi connectivity index (χ1) is 14.3. The average molecular weight is 488 g/mol. The van der Waals surface area contributed by atoms with Crippen LogP contribution in [0, 0.1) is 0 Å². The summed E-state index contributed by atoms with van der Waals surface area (Å²) in [4.78, 5) is 13.5. The molecule has 0 N–H and O–H groups in total. The van der Waals surface area contributed by atoms with Crippen molar-refractivity contribution in [2.24, 2.45) is 0 Å². The molecule has 5 rings (SSSR count). The number of rotatable bonds is 4. The molecular weight excluding hydrogens is 471 g/mol. The second kappa shape index (κ2) is 7.78. The van der Waals surface area contributed by atoms with Crippen LogP contribution in [0.1, 0.15) is 20.1 Å². The summed E-state index contributed by atoms with van der Waals surface area (Å²) in [5.74, 6) is -0.145. The van der Waals surface area contributed by atoms with E-state index in [0.29, 0.717) is 27.0 Å². The van der Waals surface area contributed by atoms with Crippen LogP contribution in [-0.2, 0) is 14.2 Å². The van der Waals surface area contributed by atoms with Crippen molar-refractivity contribution < 1.29 is 14.2 Å². The molecule has 0 amide bonds. The first kappa shape index (κ1) is 20.8. The zero-order chi connectivity index (χ0) is 21.0. The number of benzene rings is 1. The van der Waals surface area contributed by atoms with E-state index in [2.05, 4.69) is 15.0 Å². The van der Waals surface area contributed by atoms with Gasteiger partial charge in [-0.2, -0.15) is 0 Å². The maximum atomic E-state index is 6.38. The lowest BCUT2D eigenvalue weighted by molar-refractivity contribution is -0.193. The molecule has 7 nitrogen and oxygen atoms in total. The van der Waals surface area contributed by atoms with Crippen LogP contribution in [0.3, 0.4) is 0 Å². The summed E-state index contributed by atoms with van der Waals surface area (Å²) in [6, 6.07) is 5.45. The molecule has 4 atom stereocenters. The number of aromatic nitrogens is 4. The third kappa shape index (κ3) is 3.58. The highest BCUT2D eigenvalue weighted by Gasteiger charge is 2.56. The van der Waals surface area contributed by atoms with Crippen molar-refractivity contribution in [3.05, 3.63) is 46.1 Å². The predicted molar refractivity (Wildman–Crippen MR) is 115 cm³/mol. The predicted octanol–water partition coefficient (Wildman–Crippen LogP) is 5.00. The van der Waals surface area contributed by atoms with Gasteiger partial charge in [0.05, 0.1) is 22.5 Å². The van der Waals surface area contributed by atoms with E-state index in [-0.39, 0.29) is 23.5 Å². The van der Waals surface area contributed by atoms with Gasteiger partial charge >= 0.3 is 0 Å². The minimum absolute atomic E-state index is 0.256. The number of hydrogen-bond acceptors (Lipinski definition) is 7. The summed E-state index contributed by atoms with van der Waals surface area (Å²) in [6.45, 7) is 3.78. The smallest absolute Gasteiger partial charge is 0.167 e. The maximum Gasteiger partial charge on any atom is 0.167 e. The number of fused-ring (bicyclic) bond motifs is 2. The van der Waals surface area contributed by atoms with Crippen LogP contribution < -0.4 is 0 Å². The van der Waals surface area contributed by atoms with Crippen LogP contribution in [0.5, 0.6) is 0 Å². The summed E-state index contributed by atoms with van der Waals surface area (Å²) in [6.07, 6.45) is 1.71. The third-order valence-corrected chi connectivity index (χ3v) is 7.38. The van der Waals surface area contributed by atoms with Crippen molar-refractivity contribution in [2.75, 3.05) is 5.75 Å². The third-order valence-electron chi connectivity index (χ3n) is 5.02. The quantitative estimate of drug-likeness (QED) is 0.379. The largest absolute Gasteiger partial charge is 0.348 e. The molecule has 0 radical (unpaired) electrons. The monoisotopic (exact) mass is 486 g/mol. The summed E-state index contributed by atoms with van der Waals surface area (Å²) >= 11 is 20.3. The lowest BCUT2D eigenvalue weighted by Crippen LogP contribution is -2.31. The first-order valence-electron chi connectivity index (χ1n) is 9.25. The highest BCUT2D eigenvalue weighted by Crippen LogP contribution is 2.46. The summed E-state index contributed by atoms with van der Waals surface area (Å²) in [7, 11) is 0. The number of imidazole rings is 1. The number of halogens is 3. The molecule has 11 heteroatoms. The SMILES string of the molecule is CC1(C)O[C@@H]2[C@@H](O1)[C@@H](CSc1c(Cl)cccc1Cl)O[C@H]2n1cnc2c(Cl)ncnc21. The van der Waals surface area contributed by atoms with Crippen molar-refractivity contribution in [2.45, 2.75) is 49.1 Å². The van der Waals surface area contributed by atoms with E-state index in [4.69, 9.17) is 49.0 Å². The van der Waals surface area contributed by atoms with Crippen molar-refractivity contribution >= 4 is 57.7 Å². The maximum absolute atomic E-state index is 6.38. The molecule has 2 aromatic heterocycles. The normalized spacial score (nSPS) is 27.6. The van der Waals surface area contributed by atoms with Crippen molar-refractivity contribution in [1.82, 2.24) is 19.5 Å². The Morgan fingerprint density at radius 1 is 1.07 bits per heavy atom. The molecule has 0 bridgehead atoms. The Kier molecular flexibility index (Phi) is 5.38. The van der Waals surface area contributed by atoms with E-state index < -0.39 is 12.0 Å². The molecule has 0 saturated carbocycles. The van der Waals surface area contributed by atoms with Gasteiger partial charge in [-0.05, 0) is 26.0 Å². The molecule has 0 spiro atoms. The average Bonchev–Trinajstić information content (AvgIpc) is 3.33. The van der Waals surface area contributed by atoms with Gasteiger partial charge in [0.15, 0.2) is 22.8 Å². The molecule has 2 fully saturated rings. The molecule has 0 unspecified atom stereocenters. The van der Waals surface area contributed by atoms with Gasteiger partial charge in [-0.15, -0.1) is 11.8 Å². The first-order valence-corrected chi connectivity index (χ1v) is 11.4. The Morgan fingerprint density at radius 3 is 2.57 bits per heavy atom. The van der Waals surface area contributed by atoms with Gasteiger partial charge in [-0.25, -0.2) is 15.0 Å². The van der Waals surface area contributed by atoms with Gasteiger partial charge in [-0.1, -0.05) is 40.9 Å². The molecule has 2 aliphatic heterocycles. The van der Waals surface area contributed by atoms with E-state index in [9.17, 15) is 0 Å². The van der Waals surface area contributed by atoms with Crippen molar-refractivity contribution in [3.63, 3.8) is 0 Å². The van der Waals surface area contributed by atoms with E-state index >= 15 is 0 Å². The van der Waals surface area contributed by atoms with E-state index in [1.807, 2.05) is 36.6 Å². The molecule has 30 heavy (non-hydrogen) atoms. The molecule has 0 aliphatic carbocycles. The molecule has 2 saturated heterocycles. The highest BCUT2D eigenvalue weighted by molar-refractivity contribution is 7.99. The Morgan fingerprint density at radius 2 is 1.80 bits per heavy atom. The zero-order valence-electron chi connectivity index (χ0n) is 16.0. The number of hydrogen-bond donors (Lipinski definition) is 0. The van der Waals surface area contributed by atoms with Crippen LogP contribution in [0.4, 0.5) is 0 Å². The number of thioether (sulfide) groups is 1. The summed E-state index contributed by atoms with van der Waals surface area (Å²) < 4.78 is 20.6. The fraction of sp³-hybridized carbons (Fsp3) is 0.421. The molecule has 2 aliphatic rings.